The number of benzene rings is 2. The van der Waals surface area contributed by atoms with E-state index in [1.807, 2.05) is 55.5 Å². The third-order valence-corrected chi connectivity index (χ3v) is 7.46. The number of oxazole rings is 1. The molecule has 1 fully saturated rings. The molecule has 0 aliphatic carbocycles. The Morgan fingerprint density at radius 3 is 2.75 bits per heavy atom. The molecule has 5 rings (SSSR count). The van der Waals surface area contributed by atoms with Gasteiger partial charge in [0.1, 0.15) is 23.8 Å². The van der Waals surface area contributed by atoms with E-state index in [2.05, 4.69) is 16.4 Å². The van der Waals surface area contributed by atoms with Gasteiger partial charge in [-0.2, -0.15) is 0 Å². The van der Waals surface area contributed by atoms with E-state index in [0.29, 0.717) is 18.9 Å². The van der Waals surface area contributed by atoms with Crippen LogP contribution in [-0.2, 0) is 17.8 Å². The van der Waals surface area contributed by atoms with Crippen molar-refractivity contribution in [3.8, 4) is 17.2 Å². The molecule has 2 amide bonds. The Bertz CT molecular complexity index is 1300. The van der Waals surface area contributed by atoms with E-state index in [0.717, 1.165) is 51.0 Å². The predicted octanol–water partition coefficient (Wildman–Crippen LogP) is 5.73. The number of aromatic nitrogens is 1. The summed E-state index contributed by atoms with van der Waals surface area (Å²) in [6.07, 6.45) is 1.40. The van der Waals surface area contributed by atoms with Crippen molar-refractivity contribution >= 4 is 44.3 Å². The minimum atomic E-state index is -0.293. The molecule has 32 heavy (non-hydrogen) atoms. The molecule has 8 heteroatoms. The van der Waals surface area contributed by atoms with Crippen LogP contribution in [0.1, 0.15) is 22.8 Å². The highest BCUT2D eigenvalue weighted by Gasteiger charge is 2.31. The van der Waals surface area contributed by atoms with E-state index in [9.17, 15) is 9.59 Å². The van der Waals surface area contributed by atoms with Gasteiger partial charge in [-0.3, -0.25) is 14.9 Å². The summed E-state index contributed by atoms with van der Waals surface area (Å²) in [5.74, 6) is 1.92. The Balaban J connectivity index is 1.24. The zero-order chi connectivity index (χ0) is 22.1. The molecular weight excluding hydrogens is 444 g/mol. The lowest BCUT2D eigenvalue weighted by Crippen LogP contribution is -2.24. The third-order valence-electron chi connectivity index (χ3n) is 5.25. The molecule has 162 valence electrons. The van der Waals surface area contributed by atoms with E-state index in [4.69, 9.17) is 9.15 Å². The van der Waals surface area contributed by atoms with Crippen molar-refractivity contribution in [2.75, 3.05) is 0 Å². The van der Waals surface area contributed by atoms with Crippen molar-refractivity contribution < 1.29 is 18.7 Å². The van der Waals surface area contributed by atoms with Crippen LogP contribution in [0.2, 0.25) is 0 Å². The van der Waals surface area contributed by atoms with Gasteiger partial charge in [-0.05, 0) is 61.5 Å². The topological polar surface area (TPSA) is 81.4 Å². The van der Waals surface area contributed by atoms with Crippen LogP contribution >= 0.6 is 23.1 Å². The monoisotopic (exact) mass is 464 g/mol. The van der Waals surface area contributed by atoms with Crippen LogP contribution in [0.25, 0.3) is 21.5 Å². The fourth-order valence-corrected chi connectivity index (χ4v) is 5.48. The smallest absolute Gasteiger partial charge is 0.286 e. The number of rotatable bonds is 7. The molecule has 1 saturated heterocycles. The molecule has 6 nitrogen and oxygen atoms in total. The van der Waals surface area contributed by atoms with Gasteiger partial charge in [0.2, 0.25) is 11.8 Å². The summed E-state index contributed by atoms with van der Waals surface area (Å²) in [6.45, 7) is 2.22. The number of carbonyl (C=O) groups excluding carboxylic acids is 2. The normalized spacial score (nSPS) is 16.0. The van der Waals surface area contributed by atoms with Gasteiger partial charge in [-0.15, -0.1) is 11.3 Å². The average Bonchev–Trinajstić information content (AvgIpc) is 3.47. The first-order chi connectivity index (χ1) is 15.5. The number of thiophene rings is 1. The van der Waals surface area contributed by atoms with Gasteiger partial charge < -0.3 is 9.15 Å². The molecular formula is C24H20N2O4S2. The van der Waals surface area contributed by atoms with Gasteiger partial charge >= 0.3 is 0 Å². The van der Waals surface area contributed by atoms with Crippen LogP contribution in [0, 0.1) is 6.92 Å². The molecule has 2 aromatic carbocycles. The quantitative estimate of drug-likeness (QED) is 0.376. The second-order valence-corrected chi connectivity index (χ2v) is 9.85. The maximum Gasteiger partial charge on any atom is 0.286 e. The molecule has 3 heterocycles. The summed E-state index contributed by atoms with van der Waals surface area (Å²) in [5, 5.41) is 2.93. The van der Waals surface area contributed by atoms with Crippen LogP contribution < -0.4 is 10.1 Å². The van der Waals surface area contributed by atoms with Gasteiger partial charge in [-0.1, -0.05) is 30.0 Å². The third kappa shape index (κ3) is 4.42. The molecule has 0 spiro atoms. The first-order valence-corrected chi connectivity index (χ1v) is 11.9. The molecule has 0 saturated carbocycles. The molecule has 2 aromatic heterocycles. The highest BCUT2D eigenvalue weighted by atomic mass is 32.2. The fraction of sp³-hybridized carbons (Fsp3) is 0.208. The van der Waals surface area contributed by atoms with Crippen molar-refractivity contribution in [1.29, 1.82) is 0 Å². The molecule has 1 atom stereocenters. The largest absolute Gasteiger partial charge is 0.487 e. The minimum absolute atomic E-state index is 0.185. The van der Waals surface area contributed by atoms with Crippen molar-refractivity contribution in [2.24, 2.45) is 0 Å². The van der Waals surface area contributed by atoms with Crippen LogP contribution in [-0.4, -0.2) is 21.4 Å². The van der Waals surface area contributed by atoms with Crippen molar-refractivity contribution in [3.63, 3.8) is 0 Å². The number of nitrogens with zero attached hydrogens (tertiary/aromatic N) is 1. The van der Waals surface area contributed by atoms with E-state index < -0.39 is 0 Å². The maximum atomic E-state index is 11.7. The van der Waals surface area contributed by atoms with Gasteiger partial charge in [0.25, 0.3) is 5.24 Å². The molecule has 1 aliphatic rings. The van der Waals surface area contributed by atoms with Crippen LogP contribution in [0.5, 0.6) is 5.75 Å². The fourth-order valence-electron chi connectivity index (χ4n) is 3.55. The Labute approximate surface area is 193 Å². The SMILES string of the molecule is Cc1oc(-c2ccccc2)nc1COc1ccc2cc(CCC3SC(=O)NC3=O)sc2c1. The zero-order valence-corrected chi connectivity index (χ0v) is 18.9. The second kappa shape index (κ2) is 8.80. The number of hydrogen-bond acceptors (Lipinski definition) is 7. The van der Waals surface area contributed by atoms with Gasteiger partial charge in [0.15, 0.2) is 0 Å². The van der Waals surface area contributed by atoms with E-state index in [1.165, 1.54) is 4.88 Å². The van der Waals surface area contributed by atoms with Crippen LogP contribution in [0.3, 0.4) is 0 Å². The Morgan fingerprint density at radius 2 is 1.97 bits per heavy atom. The molecule has 4 aromatic rings. The number of carbonyl (C=O) groups is 2. The first kappa shape index (κ1) is 20.8. The lowest BCUT2D eigenvalue weighted by Gasteiger charge is -2.04. The minimum Gasteiger partial charge on any atom is -0.487 e. The highest BCUT2D eigenvalue weighted by Crippen LogP contribution is 2.32. The first-order valence-electron chi connectivity index (χ1n) is 10.2. The summed E-state index contributed by atoms with van der Waals surface area (Å²) in [4.78, 5) is 28.8. The van der Waals surface area contributed by atoms with Crippen molar-refractivity contribution in [1.82, 2.24) is 10.3 Å². The van der Waals surface area contributed by atoms with Gasteiger partial charge in [0, 0.05) is 15.1 Å². The number of thioether (sulfide) groups is 1. The molecule has 0 bridgehead atoms. The molecule has 1 unspecified atom stereocenters. The standard InChI is InChI=1S/C24H20N2O4S2/c1-14-19(25-23(30-14)15-5-3-2-4-6-15)13-29-17-8-7-16-11-18(31-21(16)12-17)9-10-20-22(27)26-24(28)32-20/h2-8,11-12,20H,9-10,13H2,1H3,(H,26,27,28). The highest BCUT2D eigenvalue weighted by molar-refractivity contribution is 8.15. The number of aryl methyl sites for hydroxylation is 2. The number of imide groups is 1. The summed E-state index contributed by atoms with van der Waals surface area (Å²) >= 11 is 2.76. The zero-order valence-electron chi connectivity index (χ0n) is 17.3. The predicted molar refractivity (Wildman–Crippen MR) is 126 cm³/mol. The van der Waals surface area contributed by atoms with Crippen LogP contribution in [0.4, 0.5) is 4.79 Å². The van der Waals surface area contributed by atoms with Crippen molar-refractivity contribution in [3.05, 3.63) is 70.9 Å². The van der Waals surface area contributed by atoms with Gasteiger partial charge in [-0.25, -0.2) is 4.98 Å². The number of amides is 2. The number of hydrogen-bond donors (Lipinski definition) is 1. The van der Waals surface area contributed by atoms with Crippen molar-refractivity contribution in [2.45, 2.75) is 31.6 Å². The van der Waals surface area contributed by atoms with E-state index in [-0.39, 0.29) is 16.4 Å². The Hall–Kier alpha value is -3.10. The second-order valence-electron chi connectivity index (χ2n) is 7.51. The molecule has 0 radical (unpaired) electrons. The molecule has 1 N–H and O–H groups in total. The summed E-state index contributed by atoms with van der Waals surface area (Å²) in [6, 6.07) is 18.0. The van der Waals surface area contributed by atoms with Gasteiger partial charge in [0.05, 0.1) is 5.25 Å². The lowest BCUT2D eigenvalue weighted by molar-refractivity contribution is -0.119. The summed E-state index contributed by atoms with van der Waals surface area (Å²) in [5.41, 5.74) is 1.71. The Kier molecular flexibility index (Phi) is 5.71. The average molecular weight is 465 g/mol. The number of nitrogens with one attached hydrogen (secondary N) is 1. The number of ether oxygens (including phenoxy) is 1. The lowest BCUT2D eigenvalue weighted by atomic mass is 10.2. The summed E-state index contributed by atoms with van der Waals surface area (Å²) in [7, 11) is 0. The summed E-state index contributed by atoms with van der Waals surface area (Å²) < 4.78 is 12.9. The Morgan fingerprint density at radius 1 is 1.12 bits per heavy atom. The van der Waals surface area contributed by atoms with E-state index in [1.54, 1.807) is 11.3 Å². The molecule has 1 aliphatic heterocycles. The number of fused-ring (bicyclic) bond motifs is 1. The van der Waals surface area contributed by atoms with Crippen LogP contribution in [0.15, 0.2) is 59.0 Å². The van der Waals surface area contributed by atoms with E-state index >= 15 is 0 Å². The maximum absolute atomic E-state index is 11.7.